The fraction of sp³-hybridized carbons (Fsp3) is 0.440. The first-order valence-electron chi connectivity index (χ1n) is 11.1. The summed E-state index contributed by atoms with van der Waals surface area (Å²) in [7, 11) is 0. The molecule has 7 rings (SSSR count). The molecule has 4 aliphatic carbocycles. The molecule has 3 nitrogen and oxygen atoms in total. The molecule has 2 aromatic carbocycles. The zero-order valence-electron chi connectivity index (χ0n) is 17.2. The molecule has 0 aliphatic heterocycles. The van der Waals surface area contributed by atoms with Gasteiger partial charge in [0.05, 0.1) is 15.9 Å². The van der Waals surface area contributed by atoms with Crippen LogP contribution in [0.2, 0.25) is 0 Å². The second-order valence-corrected chi connectivity index (χ2v) is 12.7. The number of thiazole rings is 1. The fourth-order valence-electron chi connectivity index (χ4n) is 6.89. The highest BCUT2D eigenvalue weighted by molar-refractivity contribution is 9.11. The standard InChI is InChI=1S/C25H24Br2N2OS/c26-17-8-18(24-28-20-3-1-2-4-21(20)31-24)23(19(27)9-17)29-22(30)13-25-10-14-5-15(11-25)7-16(6-14)12-25/h1-4,8-9,14-16H,5-7,10-13H2,(H,29,30). The highest BCUT2D eigenvalue weighted by atomic mass is 79.9. The van der Waals surface area contributed by atoms with Crippen LogP contribution in [0.25, 0.3) is 20.8 Å². The molecule has 160 valence electrons. The smallest absolute Gasteiger partial charge is 0.224 e. The number of para-hydroxylation sites is 1. The van der Waals surface area contributed by atoms with Gasteiger partial charge in [0, 0.05) is 20.9 Å². The summed E-state index contributed by atoms with van der Waals surface area (Å²) in [5, 5.41) is 4.21. The van der Waals surface area contributed by atoms with E-state index in [0.29, 0.717) is 6.42 Å². The number of nitrogens with one attached hydrogen (secondary N) is 1. The Morgan fingerprint density at radius 3 is 2.42 bits per heavy atom. The van der Waals surface area contributed by atoms with Crippen molar-refractivity contribution < 1.29 is 4.79 Å². The van der Waals surface area contributed by atoms with Crippen LogP contribution in [0.1, 0.15) is 44.9 Å². The van der Waals surface area contributed by atoms with E-state index < -0.39 is 0 Å². The molecular weight excluding hydrogens is 536 g/mol. The number of carbonyl (C=O) groups is 1. The third-order valence-electron chi connectivity index (χ3n) is 7.54. The summed E-state index contributed by atoms with van der Waals surface area (Å²) in [4.78, 5) is 18.2. The Morgan fingerprint density at radius 1 is 1.06 bits per heavy atom. The van der Waals surface area contributed by atoms with Crippen LogP contribution in [-0.4, -0.2) is 10.9 Å². The first-order chi connectivity index (χ1) is 15.0. The van der Waals surface area contributed by atoms with Gasteiger partial charge in [0.25, 0.3) is 0 Å². The summed E-state index contributed by atoms with van der Waals surface area (Å²) in [6.07, 6.45) is 8.61. The van der Waals surface area contributed by atoms with Gasteiger partial charge in [-0.2, -0.15) is 0 Å². The summed E-state index contributed by atoms with van der Waals surface area (Å²) in [6, 6.07) is 12.2. The van der Waals surface area contributed by atoms with Gasteiger partial charge in [-0.15, -0.1) is 11.3 Å². The van der Waals surface area contributed by atoms with E-state index in [9.17, 15) is 4.79 Å². The fourth-order valence-corrected chi connectivity index (χ4v) is 9.20. The monoisotopic (exact) mass is 558 g/mol. The predicted molar refractivity (Wildman–Crippen MR) is 134 cm³/mol. The maximum atomic E-state index is 13.3. The molecule has 0 spiro atoms. The number of benzene rings is 2. The molecule has 0 atom stereocenters. The molecule has 1 aromatic heterocycles. The number of halogens is 2. The van der Waals surface area contributed by atoms with Crippen molar-refractivity contribution in [2.24, 2.45) is 23.2 Å². The van der Waals surface area contributed by atoms with Gasteiger partial charge in [-0.3, -0.25) is 4.79 Å². The second-order valence-electron chi connectivity index (χ2n) is 9.94. The number of hydrogen-bond acceptors (Lipinski definition) is 3. The lowest BCUT2D eigenvalue weighted by atomic mass is 9.49. The Labute approximate surface area is 203 Å². The molecule has 1 heterocycles. The number of amides is 1. The highest BCUT2D eigenvalue weighted by Crippen LogP contribution is 2.61. The Balaban J connectivity index is 1.30. The van der Waals surface area contributed by atoms with Crippen molar-refractivity contribution in [2.75, 3.05) is 5.32 Å². The van der Waals surface area contributed by atoms with Crippen molar-refractivity contribution in [1.29, 1.82) is 0 Å². The van der Waals surface area contributed by atoms with Crippen LogP contribution in [0.15, 0.2) is 45.3 Å². The Hall–Kier alpha value is -1.24. The molecule has 1 N–H and O–H groups in total. The molecule has 0 radical (unpaired) electrons. The molecule has 31 heavy (non-hydrogen) atoms. The van der Waals surface area contributed by atoms with E-state index in [-0.39, 0.29) is 11.3 Å². The van der Waals surface area contributed by atoms with E-state index in [4.69, 9.17) is 4.98 Å². The first-order valence-corrected chi connectivity index (χ1v) is 13.5. The van der Waals surface area contributed by atoms with E-state index >= 15 is 0 Å². The summed E-state index contributed by atoms with van der Waals surface area (Å²) >= 11 is 8.97. The van der Waals surface area contributed by atoms with Crippen molar-refractivity contribution in [3.8, 4) is 10.6 Å². The van der Waals surface area contributed by atoms with E-state index in [1.165, 1.54) is 38.5 Å². The van der Waals surface area contributed by atoms with Crippen LogP contribution < -0.4 is 5.32 Å². The normalized spacial score (nSPS) is 28.9. The van der Waals surface area contributed by atoms with Gasteiger partial charge in [-0.05, 0) is 102 Å². The minimum atomic E-state index is 0.146. The third-order valence-corrected chi connectivity index (χ3v) is 9.70. The molecule has 6 heteroatoms. The van der Waals surface area contributed by atoms with Crippen molar-refractivity contribution in [2.45, 2.75) is 44.9 Å². The number of fused-ring (bicyclic) bond motifs is 1. The van der Waals surface area contributed by atoms with Crippen LogP contribution in [0.3, 0.4) is 0 Å². The predicted octanol–water partition coefficient (Wildman–Crippen LogP) is 8.03. The molecule has 1 amide bonds. The molecular formula is C25H24Br2N2OS. The summed E-state index contributed by atoms with van der Waals surface area (Å²) in [6.45, 7) is 0. The van der Waals surface area contributed by atoms with Crippen LogP contribution in [0.5, 0.6) is 0 Å². The summed E-state index contributed by atoms with van der Waals surface area (Å²) in [5.41, 5.74) is 3.01. The van der Waals surface area contributed by atoms with Gasteiger partial charge >= 0.3 is 0 Å². The van der Waals surface area contributed by atoms with Crippen LogP contribution >= 0.6 is 43.2 Å². The lowest BCUT2D eigenvalue weighted by molar-refractivity contribution is -0.124. The van der Waals surface area contributed by atoms with Crippen molar-refractivity contribution in [1.82, 2.24) is 4.98 Å². The average molecular weight is 560 g/mol. The molecule has 4 fully saturated rings. The number of nitrogens with zero attached hydrogens (tertiary/aromatic N) is 1. The third kappa shape index (κ3) is 3.79. The lowest BCUT2D eigenvalue weighted by Gasteiger charge is -2.56. The topological polar surface area (TPSA) is 42.0 Å². The lowest BCUT2D eigenvalue weighted by Crippen LogP contribution is -2.47. The maximum absolute atomic E-state index is 13.3. The summed E-state index contributed by atoms with van der Waals surface area (Å²) in [5.74, 6) is 2.72. The minimum absolute atomic E-state index is 0.146. The van der Waals surface area contributed by atoms with Crippen LogP contribution in [-0.2, 0) is 4.79 Å². The Bertz CT molecular complexity index is 1120. The van der Waals surface area contributed by atoms with Gasteiger partial charge in [-0.25, -0.2) is 4.98 Å². The van der Waals surface area contributed by atoms with E-state index in [0.717, 1.165) is 53.2 Å². The molecule has 3 aromatic rings. The van der Waals surface area contributed by atoms with Gasteiger partial charge in [0.2, 0.25) is 5.91 Å². The number of rotatable bonds is 4. The van der Waals surface area contributed by atoms with Crippen molar-refractivity contribution in [3.05, 3.63) is 45.3 Å². The van der Waals surface area contributed by atoms with Crippen molar-refractivity contribution >= 4 is 65.0 Å². The molecule has 0 saturated heterocycles. The number of carbonyl (C=O) groups excluding carboxylic acids is 1. The van der Waals surface area contributed by atoms with Gasteiger partial charge in [0.1, 0.15) is 5.01 Å². The maximum Gasteiger partial charge on any atom is 0.224 e. The first kappa shape index (κ1) is 20.4. The zero-order valence-corrected chi connectivity index (χ0v) is 21.2. The van der Waals surface area contributed by atoms with Gasteiger partial charge in [-0.1, -0.05) is 28.1 Å². The summed E-state index contributed by atoms with van der Waals surface area (Å²) < 4.78 is 3.00. The zero-order chi connectivity index (χ0) is 21.2. The van der Waals surface area contributed by atoms with E-state index in [1.54, 1.807) is 11.3 Å². The average Bonchev–Trinajstić information content (AvgIpc) is 3.12. The number of anilines is 1. The largest absolute Gasteiger partial charge is 0.324 e. The van der Waals surface area contributed by atoms with Crippen molar-refractivity contribution in [3.63, 3.8) is 0 Å². The van der Waals surface area contributed by atoms with Crippen LogP contribution in [0.4, 0.5) is 5.69 Å². The molecule has 4 saturated carbocycles. The minimum Gasteiger partial charge on any atom is -0.324 e. The van der Waals surface area contributed by atoms with Crippen LogP contribution in [0, 0.1) is 23.2 Å². The molecule has 0 unspecified atom stereocenters. The Morgan fingerprint density at radius 2 is 1.74 bits per heavy atom. The Kier molecular flexibility index (Phi) is 5.04. The number of aromatic nitrogens is 1. The molecule has 4 aliphatic rings. The van der Waals surface area contributed by atoms with Gasteiger partial charge in [0.15, 0.2) is 0 Å². The molecule has 4 bridgehead atoms. The number of hydrogen-bond donors (Lipinski definition) is 1. The van der Waals surface area contributed by atoms with E-state index in [2.05, 4.69) is 49.3 Å². The quantitative estimate of drug-likeness (QED) is 0.351. The second kappa shape index (κ2) is 7.67. The SMILES string of the molecule is O=C(CC12CC3CC(CC(C3)C1)C2)Nc1c(Br)cc(Br)cc1-c1nc2ccccc2s1. The highest BCUT2D eigenvalue weighted by Gasteiger charge is 2.51. The van der Waals surface area contributed by atoms with Gasteiger partial charge < -0.3 is 5.32 Å². The van der Waals surface area contributed by atoms with E-state index in [1.807, 2.05) is 24.3 Å².